The second-order valence-electron chi connectivity index (χ2n) is 4.57. The number of allylic oxidation sites excluding steroid dienone is 1. The van der Waals surface area contributed by atoms with E-state index >= 15 is 0 Å². The number of ketones is 1. The highest BCUT2D eigenvalue weighted by molar-refractivity contribution is 5.76. The Bertz CT molecular complexity index is 251. The van der Waals surface area contributed by atoms with Gasteiger partial charge in [0, 0.05) is 12.3 Å². The predicted molar refractivity (Wildman–Crippen MR) is 52.3 cm³/mol. The van der Waals surface area contributed by atoms with Crippen molar-refractivity contribution in [1.82, 2.24) is 0 Å². The molecule has 1 aliphatic rings. The Morgan fingerprint density at radius 1 is 1.62 bits per heavy atom. The van der Waals surface area contributed by atoms with E-state index in [1.54, 1.807) is 6.92 Å². The van der Waals surface area contributed by atoms with Gasteiger partial charge in [0.1, 0.15) is 5.78 Å². The number of carbonyl (C=O) groups is 1. The summed E-state index contributed by atoms with van der Waals surface area (Å²) in [6.45, 7) is 7.77. The number of rotatable bonds is 2. The van der Waals surface area contributed by atoms with Gasteiger partial charge in [-0.15, -0.1) is 0 Å². The minimum Gasteiger partial charge on any atom is -0.389 e. The van der Waals surface area contributed by atoms with E-state index in [9.17, 15) is 9.90 Å². The summed E-state index contributed by atoms with van der Waals surface area (Å²) in [5, 5.41) is 9.72. The number of aliphatic hydroxyl groups is 1. The summed E-state index contributed by atoms with van der Waals surface area (Å²) in [6.07, 6.45) is 1.90. The Balaban J connectivity index is 2.82. The Morgan fingerprint density at radius 2 is 2.15 bits per heavy atom. The lowest BCUT2D eigenvalue weighted by molar-refractivity contribution is -0.119. The number of carbonyl (C=O) groups excluding carboxylic acids is 1. The molecule has 0 aliphatic heterocycles. The molecule has 0 saturated carbocycles. The van der Waals surface area contributed by atoms with Gasteiger partial charge in [0.2, 0.25) is 0 Å². The standard InChI is InChI=1S/C11H18O2/c1-7-5-10(13)9(6-8(2)12)11(7,3)4/h5,9-10,13H,6H2,1-4H3. The molecular formula is C11H18O2. The van der Waals surface area contributed by atoms with Crippen molar-refractivity contribution in [2.24, 2.45) is 11.3 Å². The van der Waals surface area contributed by atoms with Crippen LogP contribution in [0.4, 0.5) is 0 Å². The van der Waals surface area contributed by atoms with Gasteiger partial charge in [-0.25, -0.2) is 0 Å². The monoisotopic (exact) mass is 182 g/mol. The third-order valence-corrected chi connectivity index (χ3v) is 3.28. The molecule has 0 bridgehead atoms. The highest BCUT2D eigenvalue weighted by Crippen LogP contribution is 2.44. The molecular weight excluding hydrogens is 164 g/mol. The Hall–Kier alpha value is -0.630. The van der Waals surface area contributed by atoms with Crippen molar-refractivity contribution in [2.45, 2.75) is 40.2 Å². The summed E-state index contributed by atoms with van der Waals surface area (Å²) in [5.74, 6) is 0.213. The lowest BCUT2D eigenvalue weighted by Gasteiger charge is -2.30. The van der Waals surface area contributed by atoms with E-state index in [4.69, 9.17) is 0 Å². The Morgan fingerprint density at radius 3 is 2.46 bits per heavy atom. The quantitative estimate of drug-likeness (QED) is 0.662. The second kappa shape index (κ2) is 3.26. The van der Waals surface area contributed by atoms with Crippen LogP contribution in [0.3, 0.4) is 0 Å². The topological polar surface area (TPSA) is 37.3 Å². The molecule has 2 unspecified atom stereocenters. The van der Waals surface area contributed by atoms with E-state index in [-0.39, 0.29) is 17.1 Å². The van der Waals surface area contributed by atoms with E-state index < -0.39 is 6.10 Å². The van der Waals surface area contributed by atoms with E-state index in [1.807, 2.05) is 13.0 Å². The molecule has 0 aromatic carbocycles. The van der Waals surface area contributed by atoms with Crippen LogP contribution in [0.15, 0.2) is 11.6 Å². The first-order valence-electron chi connectivity index (χ1n) is 4.72. The summed E-state index contributed by atoms with van der Waals surface area (Å²) in [4.78, 5) is 11.0. The fourth-order valence-electron chi connectivity index (χ4n) is 1.99. The molecule has 1 rings (SSSR count). The predicted octanol–water partition coefficient (Wildman–Crippen LogP) is 1.93. The summed E-state index contributed by atoms with van der Waals surface area (Å²) in [7, 11) is 0. The first kappa shape index (κ1) is 10.5. The minimum absolute atomic E-state index is 0.0366. The van der Waals surface area contributed by atoms with Crippen LogP contribution in [0.2, 0.25) is 0 Å². The van der Waals surface area contributed by atoms with Crippen molar-refractivity contribution < 1.29 is 9.90 Å². The zero-order valence-corrected chi connectivity index (χ0v) is 8.79. The molecule has 0 saturated heterocycles. The molecule has 2 nitrogen and oxygen atoms in total. The van der Waals surface area contributed by atoms with Crippen molar-refractivity contribution in [3.8, 4) is 0 Å². The van der Waals surface area contributed by atoms with Crippen LogP contribution in [0, 0.1) is 11.3 Å². The molecule has 1 N–H and O–H groups in total. The van der Waals surface area contributed by atoms with Crippen molar-refractivity contribution >= 4 is 5.78 Å². The van der Waals surface area contributed by atoms with E-state index in [2.05, 4.69) is 13.8 Å². The van der Waals surface area contributed by atoms with Gasteiger partial charge in [-0.3, -0.25) is 0 Å². The molecule has 74 valence electrons. The Labute approximate surface area is 79.6 Å². The highest BCUT2D eigenvalue weighted by atomic mass is 16.3. The van der Waals surface area contributed by atoms with Gasteiger partial charge in [0.15, 0.2) is 0 Å². The van der Waals surface area contributed by atoms with Gasteiger partial charge in [-0.2, -0.15) is 0 Å². The van der Waals surface area contributed by atoms with Gasteiger partial charge >= 0.3 is 0 Å². The molecule has 0 fully saturated rings. The average molecular weight is 182 g/mol. The molecule has 1 aliphatic carbocycles. The molecule has 0 spiro atoms. The molecule has 0 aromatic heterocycles. The average Bonchev–Trinajstić information content (AvgIpc) is 2.13. The highest BCUT2D eigenvalue weighted by Gasteiger charge is 2.40. The van der Waals surface area contributed by atoms with Gasteiger partial charge in [-0.05, 0) is 19.3 Å². The maximum atomic E-state index is 11.0. The first-order chi connectivity index (χ1) is 5.85. The van der Waals surface area contributed by atoms with E-state index in [0.717, 1.165) is 0 Å². The van der Waals surface area contributed by atoms with Crippen molar-refractivity contribution in [3.05, 3.63) is 11.6 Å². The second-order valence-corrected chi connectivity index (χ2v) is 4.57. The number of hydrogen-bond donors (Lipinski definition) is 1. The molecule has 13 heavy (non-hydrogen) atoms. The maximum absolute atomic E-state index is 11.0. The van der Waals surface area contributed by atoms with Gasteiger partial charge in [0.25, 0.3) is 0 Å². The smallest absolute Gasteiger partial charge is 0.130 e. The summed E-state index contributed by atoms with van der Waals surface area (Å²) in [5.41, 5.74) is 1.15. The molecule has 0 radical (unpaired) electrons. The van der Waals surface area contributed by atoms with Gasteiger partial charge < -0.3 is 9.90 Å². The summed E-state index contributed by atoms with van der Waals surface area (Å²) >= 11 is 0. The third kappa shape index (κ3) is 1.83. The largest absolute Gasteiger partial charge is 0.389 e. The molecule has 2 heteroatoms. The molecule has 0 heterocycles. The number of hydrogen-bond acceptors (Lipinski definition) is 2. The van der Waals surface area contributed by atoms with Gasteiger partial charge in [0.05, 0.1) is 6.10 Å². The van der Waals surface area contributed by atoms with Crippen LogP contribution in [0.25, 0.3) is 0 Å². The normalized spacial score (nSPS) is 31.6. The van der Waals surface area contributed by atoms with Crippen LogP contribution >= 0.6 is 0 Å². The van der Waals surface area contributed by atoms with Crippen LogP contribution in [0.5, 0.6) is 0 Å². The number of Topliss-reactive ketones (excluding diaryl/α,β-unsaturated/α-hetero) is 1. The van der Waals surface area contributed by atoms with Crippen LogP contribution in [-0.2, 0) is 4.79 Å². The van der Waals surface area contributed by atoms with Crippen LogP contribution in [-0.4, -0.2) is 17.0 Å². The lowest BCUT2D eigenvalue weighted by atomic mass is 9.75. The molecule has 0 amide bonds. The number of aliphatic hydroxyl groups excluding tert-OH is 1. The lowest BCUT2D eigenvalue weighted by Crippen LogP contribution is -2.29. The summed E-state index contributed by atoms with van der Waals surface area (Å²) in [6, 6.07) is 0. The zero-order chi connectivity index (χ0) is 10.2. The zero-order valence-electron chi connectivity index (χ0n) is 8.79. The summed E-state index contributed by atoms with van der Waals surface area (Å²) < 4.78 is 0. The third-order valence-electron chi connectivity index (χ3n) is 3.28. The van der Waals surface area contributed by atoms with Crippen molar-refractivity contribution in [1.29, 1.82) is 0 Å². The van der Waals surface area contributed by atoms with E-state index in [1.165, 1.54) is 5.57 Å². The van der Waals surface area contributed by atoms with Crippen molar-refractivity contribution in [3.63, 3.8) is 0 Å². The SMILES string of the molecule is CC(=O)CC1C(O)C=C(C)C1(C)C. The van der Waals surface area contributed by atoms with E-state index in [0.29, 0.717) is 6.42 Å². The first-order valence-corrected chi connectivity index (χ1v) is 4.72. The van der Waals surface area contributed by atoms with Gasteiger partial charge in [-0.1, -0.05) is 25.5 Å². The van der Waals surface area contributed by atoms with Crippen LogP contribution in [0.1, 0.15) is 34.1 Å². The van der Waals surface area contributed by atoms with Crippen LogP contribution < -0.4 is 0 Å². The fourth-order valence-corrected chi connectivity index (χ4v) is 1.99. The molecule has 0 aromatic rings. The fraction of sp³-hybridized carbons (Fsp3) is 0.727. The minimum atomic E-state index is -0.445. The Kier molecular flexibility index (Phi) is 2.62. The van der Waals surface area contributed by atoms with Crippen molar-refractivity contribution in [2.75, 3.05) is 0 Å². The molecule has 2 atom stereocenters. The maximum Gasteiger partial charge on any atom is 0.130 e.